The van der Waals surface area contributed by atoms with Crippen molar-refractivity contribution in [3.8, 4) is 0 Å². The van der Waals surface area contributed by atoms with Crippen LogP contribution in [0.15, 0.2) is 18.2 Å². The summed E-state index contributed by atoms with van der Waals surface area (Å²) in [7, 11) is 0. The van der Waals surface area contributed by atoms with Crippen LogP contribution < -0.4 is 5.32 Å². The van der Waals surface area contributed by atoms with Gasteiger partial charge in [-0.25, -0.2) is 4.79 Å². The molecule has 0 bridgehead atoms. The van der Waals surface area contributed by atoms with Gasteiger partial charge in [-0.2, -0.15) is 0 Å². The highest BCUT2D eigenvalue weighted by molar-refractivity contribution is 5.89. The molecule has 1 amide bonds. The molecule has 0 aliphatic heterocycles. The predicted octanol–water partition coefficient (Wildman–Crippen LogP) is 6.35. The van der Waals surface area contributed by atoms with Crippen LogP contribution in [0.2, 0.25) is 0 Å². The molecule has 4 nitrogen and oxygen atoms in total. The maximum Gasteiger partial charge on any atom is 0.338 e. The molecule has 29 heavy (non-hydrogen) atoms. The van der Waals surface area contributed by atoms with Crippen molar-refractivity contribution in [3.05, 3.63) is 34.9 Å². The van der Waals surface area contributed by atoms with E-state index < -0.39 is 0 Å². The molecule has 0 spiro atoms. The smallest absolute Gasteiger partial charge is 0.338 e. The average molecular weight is 408 g/mol. The number of rotatable bonds is 8. The minimum atomic E-state index is -0.279. The van der Waals surface area contributed by atoms with Crippen LogP contribution in [0.4, 0.5) is 0 Å². The summed E-state index contributed by atoms with van der Waals surface area (Å²) in [6, 6.07) is 5.71. The van der Waals surface area contributed by atoms with Gasteiger partial charge in [0.1, 0.15) is 0 Å². The zero-order valence-electron chi connectivity index (χ0n) is 20.4. The normalized spacial score (nSPS) is 10.1. The van der Waals surface area contributed by atoms with E-state index >= 15 is 0 Å². The second-order valence-electron chi connectivity index (χ2n) is 8.64. The Labute approximate surface area is 179 Å². The summed E-state index contributed by atoms with van der Waals surface area (Å²) < 4.78 is 5.02. The first kappa shape index (κ1) is 29.4. The molecule has 0 heterocycles. The first-order valence-electron chi connectivity index (χ1n) is 11.0. The number of benzene rings is 1. The Morgan fingerprint density at radius 1 is 0.966 bits per heavy atom. The number of amides is 1. The minimum absolute atomic E-state index is 0.0130. The van der Waals surface area contributed by atoms with Crippen LogP contribution in [-0.4, -0.2) is 25.0 Å². The van der Waals surface area contributed by atoms with Crippen LogP contribution in [0.1, 0.15) is 103 Å². The van der Waals surface area contributed by atoms with Gasteiger partial charge in [-0.05, 0) is 54.9 Å². The molecule has 0 saturated heterocycles. The molecule has 0 atom stereocenters. The molecular formula is C25H45NO3. The van der Waals surface area contributed by atoms with Crippen LogP contribution in [0.5, 0.6) is 0 Å². The van der Waals surface area contributed by atoms with Crippen LogP contribution in [0.25, 0.3) is 0 Å². The van der Waals surface area contributed by atoms with Crippen molar-refractivity contribution in [1.29, 1.82) is 0 Å². The number of nitrogens with one attached hydrogen (secondary N) is 1. The van der Waals surface area contributed by atoms with Gasteiger partial charge in [-0.1, -0.05) is 67.4 Å². The van der Waals surface area contributed by atoms with E-state index in [-0.39, 0.29) is 11.9 Å². The average Bonchev–Trinajstić information content (AvgIpc) is 2.64. The van der Waals surface area contributed by atoms with Crippen LogP contribution >= 0.6 is 0 Å². The monoisotopic (exact) mass is 407 g/mol. The van der Waals surface area contributed by atoms with Crippen LogP contribution in [0.3, 0.4) is 0 Å². The Bertz CT molecular complexity index is 566. The van der Waals surface area contributed by atoms with E-state index in [4.69, 9.17) is 4.74 Å². The SMILES string of the molecule is CC(C)(C)C.CCCC.CCOC(=O)c1ccc(CC)c(CCCNC(C)=O)c1. The summed E-state index contributed by atoms with van der Waals surface area (Å²) in [5.41, 5.74) is 3.49. The quantitative estimate of drug-likeness (QED) is 0.403. The maximum absolute atomic E-state index is 11.7. The molecule has 168 valence electrons. The van der Waals surface area contributed by atoms with E-state index in [1.807, 2.05) is 18.2 Å². The number of esters is 1. The Kier molecular flexibility index (Phi) is 17.3. The highest BCUT2D eigenvalue weighted by Gasteiger charge is 2.09. The summed E-state index contributed by atoms with van der Waals surface area (Å²) in [5, 5.41) is 2.78. The standard InChI is InChI=1S/C16H23NO3.C5H12.C4H10/c1-4-13-8-9-15(16(19)20-5-2)11-14(13)7-6-10-17-12(3)18;1-5(2,3)4;1-3-4-2/h8-9,11H,4-7,10H2,1-3H3,(H,17,18);1-4H3;3-4H2,1-2H3. The summed E-state index contributed by atoms with van der Waals surface area (Å²) in [6.45, 7) is 19.6. The Morgan fingerprint density at radius 3 is 1.93 bits per heavy atom. The first-order valence-corrected chi connectivity index (χ1v) is 11.0. The number of carbonyl (C=O) groups is 2. The third-order valence-corrected chi connectivity index (χ3v) is 3.60. The molecule has 0 aromatic heterocycles. The number of aryl methyl sites for hydroxylation is 2. The molecule has 1 aromatic rings. The first-order chi connectivity index (χ1) is 13.5. The fraction of sp³-hybridized carbons (Fsp3) is 0.680. The van der Waals surface area contributed by atoms with Gasteiger partial charge in [0.15, 0.2) is 0 Å². The largest absolute Gasteiger partial charge is 0.462 e. The third-order valence-electron chi connectivity index (χ3n) is 3.60. The molecule has 0 aliphatic carbocycles. The summed E-state index contributed by atoms with van der Waals surface area (Å²) >= 11 is 0. The maximum atomic E-state index is 11.7. The van der Waals surface area contributed by atoms with E-state index in [0.717, 1.165) is 24.8 Å². The summed E-state index contributed by atoms with van der Waals surface area (Å²) in [4.78, 5) is 22.6. The number of carbonyl (C=O) groups excluding carboxylic acids is 2. The van der Waals surface area contributed by atoms with Gasteiger partial charge in [0.05, 0.1) is 12.2 Å². The van der Waals surface area contributed by atoms with Crippen molar-refractivity contribution < 1.29 is 14.3 Å². The van der Waals surface area contributed by atoms with Gasteiger partial charge in [-0.3, -0.25) is 4.79 Å². The molecule has 0 unspecified atom stereocenters. The predicted molar refractivity (Wildman–Crippen MR) is 124 cm³/mol. The Hall–Kier alpha value is -1.84. The molecule has 0 saturated carbocycles. The van der Waals surface area contributed by atoms with Crippen molar-refractivity contribution in [3.63, 3.8) is 0 Å². The van der Waals surface area contributed by atoms with E-state index in [1.54, 1.807) is 6.92 Å². The fourth-order valence-electron chi connectivity index (χ4n) is 2.09. The van der Waals surface area contributed by atoms with E-state index in [0.29, 0.717) is 24.1 Å². The number of hydrogen-bond acceptors (Lipinski definition) is 3. The highest BCUT2D eigenvalue weighted by atomic mass is 16.5. The van der Waals surface area contributed by atoms with Crippen molar-refractivity contribution in [1.82, 2.24) is 5.32 Å². The third kappa shape index (κ3) is 19.3. The summed E-state index contributed by atoms with van der Waals surface area (Å²) in [6.07, 6.45) is 5.27. The molecule has 1 rings (SSSR count). The van der Waals surface area contributed by atoms with Crippen LogP contribution in [-0.2, 0) is 22.4 Å². The van der Waals surface area contributed by atoms with Gasteiger partial charge >= 0.3 is 5.97 Å². The molecule has 1 aromatic carbocycles. The second kappa shape index (κ2) is 17.1. The van der Waals surface area contributed by atoms with Gasteiger partial charge < -0.3 is 10.1 Å². The second-order valence-corrected chi connectivity index (χ2v) is 8.64. The van der Waals surface area contributed by atoms with Crippen molar-refractivity contribution in [2.24, 2.45) is 5.41 Å². The van der Waals surface area contributed by atoms with Crippen molar-refractivity contribution >= 4 is 11.9 Å². The fourth-order valence-corrected chi connectivity index (χ4v) is 2.09. The van der Waals surface area contributed by atoms with E-state index in [2.05, 4.69) is 53.8 Å². The van der Waals surface area contributed by atoms with Crippen LogP contribution in [0, 0.1) is 5.41 Å². The number of ether oxygens (including phenoxy) is 1. The van der Waals surface area contributed by atoms with Gasteiger partial charge in [0, 0.05) is 13.5 Å². The van der Waals surface area contributed by atoms with E-state index in [1.165, 1.54) is 25.3 Å². The Morgan fingerprint density at radius 2 is 1.52 bits per heavy atom. The van der Waals surface area contributed by atoms with Crippen molar-refractivity contribution in [2.75, 3.05) is 13.2 Å². The lowest BCUT2D eigenvalue weighted by Gasteiger charge is -2.10. The number of hydrogen-bond donors (Lipinski definition) is 1. The topological polar surface area (TPSA) is 55.4 Å². The Balaban J connectivity index is 0. The molecule has 1 N–H and O–H groups in total. The van der Waals surface area contributed by atoms with Gasteiger partial charge in [0.25, 0.3) is 0 Å². The zero-order chi connectivity index (χ0) is 22.9. The molecule has 0 fully saturated rings. The lowest BCUT2D eigenvalue weighted by molar-refractivity contribution is -0.118. The zero-order valence-corrected chi connectivity index (χ0v) is 20.4. The molecule has 0 aliphatic rings. The highest BCUT2D eigenvalue weighted by Crippen LogP contribution is 2.16. The lowest BCUT2D eigenvalue weighted by Crippen LogP contribution is -2.21. The molecule has 4 heteroatoms. The number of unbranched alkanes of at least 4 members (excludes halogenated alkanes) is 1. The molecule has 0 radical (unpaired) electrons. The lowest BCUT2D eigenvalue weighted by atomic mass is 9.98. The van der Waals surface area contributed by atoms with Crippen molar-refractivity contribution in [2.45, 2.75) is 94.4 Å². The molecular weight excluding hydrogens is 362 g/mol. The van der Waals surface area contributed by atoms with E-state index in [9.17, 15) is 9.59 Å². The van der Waals surface area contributed by atoms with Gasteiger partial charge in [0.2, 0.25) is 5.91 Å². The summed E-state index contributed by atoms with van der Waals surface area (Å²) in [5.74, 6) is -0.292. The minimum Gasteiger partial charge on any atom is -0.462 e. The van der Waals surface area contributed by atoms with Gasteiger partial charge in [-0.15, -0.1) is 0 Å².